The van der Waals surface area contributed by atoms with Crippen LogP contribution in [0.2, 0.25) is 0 Å². The van der Waals surface area contributed by atoms with Crippen molar-refractivity contribution in [1.82, 2.24) is 10.6 Å². The van der Waals surface area contributed by atoms with Gasteiger partial charge in [0.25, 0.3) is 0 Å². The molecule has 6 heteroatoms. The molecule has 0 saturated heterocycles. The lowest BCUT2D eigenvalue weighted by Crippen LogP contribution is -2.53. The molecule has 0 amide bonds. The average molecular weight is 467 g/mol. The number of aliphatic hydroxyl groups is 1. The number of nitrogens with one attached hydrogen (secondary N) is 2. The van der Waals surface area contributed by atoms with Gasteiger partial charge in [0.15, 0.2) is 5.96 Å². The van der Waals surface area contributed by atoms with E-state index in [0.29, 0.717) is 11.8 Å². The number of hydrogen-bond donors (Lipinski definition) is 3. The van der Waals surface area contributed by atoms with Gasteiger partial charge in [-0.3, -0.25) is 4.99 Å². The first-order chi connectivity index (χ1) is 11.2. The Morgan fingerprint density at radius 3 is 2.79 bits per heavy atom. The average Bonchev–Trinajstić information content (AvgIpc) is 2.57. The van der Waals surface area contributed by atoms with Crippen molar-refractivity contribution in [2.75, 3.05) is 25.4 Å². The molecule has 2 aliphatic rings. The van der Waals surface area contributed by atoms with Gasteiger partial charge in [-0.25, -0.2) is 0 Å². The zero-order valence-electron chi connectivity index (χ0n) is 15.1. The van der Waals surface area contributed by atoms with Crippen molar-refractivity contribution in [1.29, 1.82) is 0 Å². The largest absolute Gasteiger partial charge is 0.387 e. The fraction of sp³-hybridized carbons (Fsp3) is 0.833. The molecule has 2 aliphatic carbocycles. The van der Waals surface area contributed by atoms with Crippen LogP contribution in [0.4, 0.5) is 0 Å². The van der Waals surface area contributed by atoms with Gasteiger partial charge in [-0.05, 0) is 57.6 Å². The second-order valence-electron chi connectivity index (χ2n) is 6.57. The van der Waals surface area contributed by atoms with E-state index in [1.54, 1.807) is 5.57 Å². The number of guanidine groups is 1. The van der Waals surface area contributed by atoms with Gasteiger partial charge >= 0.3 is 0 Å². The zero-order chi connectivity index (χ0) is 16.5. The summed E-state index contributed by atoms with van der Waals surface area (Å²) in [5, 5.41) is 17.7. The van der Waals surface area contributed by atoms with E-state index in [0.717, 1.165) is 44.1 Å². The van der Waals surface area contributed by atoms with Crippen molar-refractivity contribution in [2.24, 2.45) is 4.99 Å². The molecule has 0 aromatic carbocycles. The maximum Gasteiger partial charge on any atom is 0.191 e. The third-order valence-electron chi connectivity index (χ3n) is 4.79. The van der Waals surface area contributed by atoms with Crippen molar-refractivity contribution in [3.05, 3.63) is 11.6 Å². The van der Waals surface area contributed by atoms with E-state index in [1.807, 2.05) is 11.8 Å². The van der Waals surface area contributed by atoms with E-state index < -0.39 is 5.60 Å². The summed E-state index contributed by atoms with van der Waals surface area (Å²) >= 11 is 1.86. The van der Waals surface area contributed by atoms with Crippen LogP contribution in [0.25, 0.3) is 0 Å². The highest BCUT2D eigenvalue weighted by molar-refractivity contribution is 14.0. The number of thioether (sulfide) groups is 1. The minimum atomic E-state index is -0.602. The minimum absolute atomic E-state index is 0. The predicted octanol–water partition coefficient (Wildman–Crippen LogP) is 3.70. The minimum Gasteiger partial charge on any atom is -0.387 e. The second kappa shape index (κ2) is 11.6. The van der Waals surface area contributed by atoms with Gasteiger partial charge in [0.1, 0.15) is 0 Å². The summed E-state index contributed by atoms with van der Waals surface area (Å²) in [5.74, 6) is 1.90. The maximum atomic E-state index is 10.7. The van der Waals surface area contributed by atoms with Gasteiger partial charge in [-0.1, -0.05) is 18.6 Å². The highest BCUT2D eigenvalue weighted by atomic mass is 127. The van der Waals surface area contributed by atoms with Gasteiger partial charge in [0.05, 0.1) is 12.1 Å². The van der Waals surface area contributed by atoms with Crippen LogP contribution in [0.5, 0.6) is 0 Å². The molecule has 2 rings (SSSR count). The Labute approximate surface area is 168 Å². The van der Waals surface area contributed by atoms with Gasteiger partial charge in [-0.2, -0.15) is 11.8 Å². The van der Waals surface area contributed by atoms with Crippen LogP contribution >= 0.6 is 35.7 Å². The van der Waals surface area contributed by atoms with Crippen molar-refractivity contribution in [3.63, 3.8) is 0 Å². The fourth-order valence-corrected chi connectivity index (χ4v) is 4.44. The van der Waals surface area contributed by atoms with E-state index in [2.05, 4.69) is 35.5 Å². The maximum absolute atomic E-state index is 10.7. The predicted molar refractivity (Wildman–Crippen MR) is 117 cm³/mol. The molecule has 2 unspecified atom stereocenters. The van der Waals surface area contributed by atoms with Crippen molar-refractivity contribution >= 4 is 41.7 Å². The van der Waals surface area contributed by atoms with E-state index >= 15 is 0 Å². The third-order valence-corrected chi connectivity index (χ3v) is 6.20. The molecule has 3 N–H and O–H groups in total. The summed E-state index contributed by atoms with van der Waals surface area (Å²) in [7, 11) is 0. The molecule has 4 nitrogen and oxygen atoms in total. The summed E-state index contributed by atoms with van der Waals surface area (Å²) < 4.78 is 0. The van der Waals surface area contributed by atoms with Gasteiger partial charge in [0, 0.05) is 18.3 Å². The second-order valence-corrected chi connectivity index (χ2v) is 8.05. The molecule has 0 aromatic rings. The normalized spacial score (nSPS) is 26.9. The van der Waals surface area contributed by atoms with Crippen molar-refractivity contribution in [2.45, 2.75) is 69.6 Å². The van der Waals surface area contributed by atoms with Gasteiger partial charge in [-0.15, -0.1) is 24.0 Å². The molecule has 0 spiro atoms. The molecule has 0 heterocycles. The molecule has 0 bridgehead atoms. The van der Waals surface area contributed by atoms with Crippen LogP contribution in [0, 0.1) is 0 Å². The smallest absolute Gasteiger partial charge is 0.191 e. The number of rotatable bonds is 8. The van der Waals surface area contributed by atoms with E-state index in [4.69, 9.17) is 0 Å². The lowest BCUT2D eigenvalue weighted by molar-refractivity contribution is -0.0154. The number of nitrogens with zero attached hydrogens (tertiary/aromatic N) is 1. The van der Waals surface area contributed by atoms with Gasteiger partial charge in [0.2, 0.25) is 0 Å². The standard InChI is InChI=1S/C18H33N3OS.HI/c1-3-19-17(20-13-11-15-8-6-5-7-9-15)21-14-18(22)12-10-16(18)23-4-2;/h8,16,22H,3-7,9-14H2,1-2H3,(H2,19,20,21);1H. The Hall–Kier alpha value is 0.0500. The Kier molecular flexibility index (Phi) is 10.7. The summed E-state index contributed by atoms with van der Waals surface area (Å²) in [6, 6.07) is 0. The van der Waals surface area contributed by atoms with Crippen LogP contribution in [0.15, 0.2) is 16.6 Å². The third kappa shape index (κ3) is 6.75. The lowest BCUT2D eigenvalue weighted by atomic mass is 9.79. The van der Waals surface area contributed by atoms with Crippen LogP contribution < -0.4 is 10.6 Å². The lowest BCUT2D eigenvalue weighted by Gasteiger charge is -2.44. The Bertz CT molecular complexity index is 430. The van der Waals surface area contributed by atoms with Crippen LogP contribution in [-0.2, 0) is 0 Å². The molecule has 140 valence electrons. The topological polar surface area (TPSA) is 56.7 Å². The number of hydrogen-bond acceptors (Lipinski definition) is 3. The number of aliphatic imine (C=N–C) groups is 1. The highest BCUT2D eigenvalue weighted by Crippen LogP contribution is 2.41. The first-order valence-corrected chi connectivity index (χ1v) is 10.3. The molecule has 24 heavy (non-hydrogen) atoms. The summed E-state index contributed by atoms with van der Waals surface area (Å²) in [6.07, 6.45) is 10.7. The summed E-state index contributed by atoms with van der Waals surface area (Å²) in [4.78, 5) is 4.63. The van der Waals surface area contributed by atoms with E-state index in [-0.39, 0.29) is 24.0 Å². The quantitative estimate of drug-likeness (QED) is 0.221. The van der Waals surface area contributed by atoms with E-state index in [1.165, 1.54) is 25.7 Å². The summed E-state index contributed by atoms with van der Waals surface area (Å²) in [5.41, 5.74) is 0.978. The number of allylic oxidation sites excluding steroid dienone is 1. The van der Waals surface area contributed by atoms with Crippen molar-refractivity contribution in [3.8, 4) is 0 Å². The molecular weight excluding hydrogens is 433 g/mol. The fourth-order valence-electron chi connectivity index (χ4n) is 3.25. The first kappa shape index (κ1) is 22.1. The van der Waals surface area contributed by atoms with Crippen LogP contribution in [0.1, 0.15) is 58.8 Å². The molecule has 0 aromatic heterocycles. The molecule has 2 atom stereocenters. The molecule has 1 fully saturated rings. The first-order valence-electron chi connectivity index (χ1n) is 9.22. The van der Waals surface area contributed by atoms with Crippen LogP contribution in [0.3, 0.4) is 0 Å². The zero-order valence-corrected chi connectivity index (χ0v) is 18.3. The van der Waals surface area contributed by atoms with Gasteiger partial charge < -0.3 is 15.7 Å². The Morgan fingerprint density at radius 2 is 2.21 bits per heavy atom. The Morgan fingerprint density at radius 1 is 1.38 bits per heavy atom. The molecule has 0 aliphatic heterocycles. The monoisotopic (exact) mass is 467 g/mol. The molecule has 1 saturated carbocycles. The molecule has 0 radical (unpaired) electrons. The van der Waals surface area contributed by atoms with Crippen LogP contribution in [-0.4, -0.2) is 47.3 Å². The van der Waals surface area contributed by atoms with Crippen molar-refractivity contribution < 1.29 is 5.11 Å². The molecular formula is C18H34IN3OS. The SMILES string of the molecule is CCNC(=NCC1(O)CCC1SCC)NCCC1=CCCCC1.I. The van der Waals surface area contributed by atoms with E-state index in [9.17, 15) is 5.11 Å². The Balaban J connectivity index is 0.00000288. The number of halogens is 1. The highest BCUT2D eigenvalue weighted by Gasteiger charge is 2.45. The summed E-state index contributed by atoms with van der Waals surface area (Å²) in [6.45, 7) is 6.50.